The van der Waals surface area contributed by atoms with Crippen molar-refractivity contribution < 1.29 is 19.2 Å². The number of nitro groups is 1. The van der Waals surface area contributed by atoms with Crippen LogP contribution in [0.15, 0.2) is 30.5 Å². The molecule has 0 unspecified atom stereocenters. The number of fused-ring (bicyclic) bond motifs is 1. The van der Waals surface area contributed by atoms with Gasteiger partial charge in [0.2, 0.25) is 6.79 Å². The first kappa shape index (κ1) is 12.6. The van der Waals surface area contributed by atoms with Gasteiger partial charge in [-0.25, -0.2) is 4.79 Å². The van der Waals surface area contributed by atoms with Crippen molar-refractivity contribution in [2.24, 2.45) is 5.73 Å². The summed E-state index contributed by atoms with van der Waals surface area (Å²) in [6, 6.07) is 5.82. The Labute approximate surface area is 106 Å². The van der Waals surface area contributed by atoms with Crippen molar-refractivity contribution >= 4 is 22.7 Å². The quantitative estimate of drug-likeness (QED) is 0.508. The molecule has 2 aromatic rings. The molecule has 8 heteroatoms. The molecular formula is C11H9N3O5. The first-order valence-electron chi connectivity index (χ1n) is 5.16. The van der Waals surface area contributed by atoms with Crippen molar-refractivity contribution in [2.75, 3.05) is 6.79 Å². The lowest BCUT2D eigenvalue weighted by atomic mass is 10.1. The molecule has 8 nitrogen and oxygen atoms in total. The number of nitrogens with two attached hydrogens (primary N) is 1. The van der Waals surface area contributed by atoms with Gasteiger partial charge >= 0.3 is 6.09 Å². The second-order valence-corrected chi connectivity index (χ2v) is 3.47. The summed E-state index contributed by atoms with van der Waals surface area (Å²) >= 11 is 0. The minimum Gasteiger partial charge on any atom is -0.455 e. The highest BCUT2D eigenvalue weighted by Gasteiger charge is 2.15. The Balaban J connectivity index is 2.38. The average molecular weight is 263 g/mol. The van der Waals surface area contributed by atoms with Gasteiger partial charge in [0.25, 0.3) is 5.69 Å². The Hall–Kier alpha value is -2.90. The third kappa shape index (κ3) is 2.68. The summed E-state index contributed by atoms with van der Waals surface area (Å²) in [4.78, 5) is 24.8. The number of aromatic nitrogens is 1. The summed E-state index contributed by atoms with van der Waals surface area (Å²) in [5.41, 5.74) is 5.02. The first-order valence-corrected chi connectivity index (χ1v) is 5.16. The predicted octanol–water partition coefficient (Wildman–Crippen LogP) is 1.57. The van der Waals surface area contributed by atoms with E-state index in [-0.39, 0.29) is 11.4 Å². The fraction of sp³-hybridized carbons (Fsp3) is 0.0909. The van der Waals surface area contributed by atoms with Crippen LogP contribution in [-0.2, 0) is 4.74 Å². The lowest BCUT2D eigenvalue weighted by Gasteiger charge is -2.08. The summed E-state index contributed by atoms with van der Waals surface area (Å²) in [6.45, 7) is -0.390. The van der Waals surface area contributed by atoms with Crippen molar-refractivity contribution in [1.82, 2.24) is 4.98 Å². The van der Waals surface area contributed by atoms with Crippen LogP contribution in [0, 0.1) is 10.1 Å². The van der Waals surface area contributed by atoms with E-state index in [1.807, 2.05) is 0 Å². The van der Waals surface area contributed by atoms with E-state index in [1.54, 1.807) is 12.1 Å². The third-order valence-corrected chi connectivity index (χ3v) is 2.32. The van der Waals surface area contributed by atoms with E-state index in [4.69, 9.17) is 10.5 Å². The summed E-state index contributed by atoms with van der Waals surface area (Å²) in [7, 11) is 0. The first-order chi connectivity index (χ1) is 9.09. The highest BCUT2D eigenvalue weighted by molar-refractivity contribution is 5.92. The summed E-state index contributed by atoms with van der Waals surface area (Å²) in [6.07, 6.45) is 0.507. The molecule has 0 aliphatic rings. The predicted molar refractivity (Wildman–Crippen MR) is 64.6 cm³/mol. The van der Waals surface area contributed by atoms with Crippen LogP contribution >= 0.6 is 0 Å². The molecule has 2 N–H and O–H groups in total. The molecule has 0 saturated heterocycles. The zero-order valence-electron chi connectivity index (χ0n) is 9.61. The summed E-state index contributed by atoms with van der Waals surface area (Å²) in [5.74, 6) is 0.266. The molecule has 2 rings (SSSR count). The summed E-state index contributed by atoms with van der Waals surface area (Å²) < 4.78 is 9.58. The van der Waals surface area contributed by atoms with E-state index in [9.17, 15) is 14.9 Å². The maximum absolute atomic E-state index is 10.9. The SMILES string of the molecule is NC(=O)OCOc1ccc([N+](=O)[O-])c2cccnc12. The second-order valence-electron chi connectivity index (χ2n) is 3.47. The molecule has 0 atom stereocenters. The minimum absolute atomic E-state index is 0.0775. The number of carbonyl (C=O) groups excluding carboxylic acids is 1. The van der Waals surface area contributed by atoms with Crippen molar-refractivity contribution in [3.05, 3.63) is 40.6 Å². The van der Waals surface area contributed by atoms with Gasteiger partial charge in [-0.1, -0.05) is 0 Å². The van der Waals surface area contributed by atoms with Gasteiger partial charge in [0.05, 0.1) is 10.3 Å². The standard InChI is InChI=1S/C11H9N3O5/c12-11(15)19-6-18-9-4-3-8(14(16)17)7-2-1-5-13-10(7)9/h1-5H,6H2,(H2,12,15). The van der Waals surface area contributed by atoms with Crippen molar-refractivity contribution in [1.29, 1.82) is 0 Å². The van der Waals surface area contributed by atoms with Gasteiger partial charge in [-0.2, -0.15) is 0 Å². The number of amides is 1. The van der Waals surface area contributed by atoms with Crippen LogP contribution in [0.5, 0.6) is 5.75 Å². The number of hydrogen-bond donors (Lipinski definition) is 1. The molecule has 0 spiro atoms. The number of non-ortho nitro benzene ring substituents is 1. The van der Waals surface area contributed by atoms with Crippen LogP contribution in [0.25, 0.3) is 10.9 Å². The third-order valence-electron chi connectivity index (χ3n) is 2.32. The van der Waals surface area contributed by atoms with Gasteiger partial charge in [0.1, 0.15) is 11.3 Å². The molecule has 1 aromatic carbocycles. The number of benzene rings is 1. The van der Waals surface area contributed by atoms with E-state index < -0.39 is 17.8 Å². The number of rotatable bonds is 4. The molecule has 0 saturated carbocycles. The smallest absolute Gasteiger partial charge is 0.407 e. The molecule has 1 aromatic heterocycles. The largest absolute Gasteiger partial charge is 0.455 e. The highest BCUT2D eigenvalue weighted by atomic mass is 16.7. The normalized spacial score (nSPS) is 10.1. The van der Waals surface area contributed by atoms with Gasteiger partial charge in [0, 0.05) is 12.3 Å². The van der Waals surface area contributed by atoms with Gasteiger partial charge < -0.3 is 15.2 Å². The fourth-order valence-electron chi connectivity index (χ4n) is 1.56. The molecule has 1 amide bonds. The molecule has 19 heavy (non-hydrogen) atoms. The van der Waals surface area contributed by atoms with Crippen LogP contribution in [0.3, 0.4) is 0 Å². The van der Waals surface area contributed by atoms with Crippen LogP contribution in [0.2, 0.25) is 0 Å². The van der Waals surface area contributed by atoms with Gasteiger partial charge in [0.15, 0.2) is 0 Å². The Bertz CT molecular complexity index is 643. The molecule has 0 aliphatic carbocycles. The highest BCUT2D eigenvalue weighted by Crippen LogP contribution is 2.31. The topological polar surface area (TPSA) is 118 Å². The zero-order valence-corrected chi connectivity index (χ0v) is 9.61. The lowest BCUT2D eigenvalue weighted by Crippen LogP contribution is -2.16. The van der Waals surface area contributed by atoms with Crippen LogP contribution in [0.1, 0.15) is 0 Å². The van der Waals surface area contributed by atoms with Crippen molar-refractivity contribution in [2.45, 2.75) is 0 Å². The molecule has 0 aliphatic heterocycles. The van der Waals surface area contributed by atoms with E-state index in [1.165, 1.54) is 18.3 Å². The molecule has 0 bridgehead atoms. The number of pyridine rings is 1. The minimum atomic E-state index is -0.973. The average Bonchev–Trinajstić information content (AvgIpc) is 2.38. The number of hydrogen-bond acceptors (Lipinski definition) is 6. The number of carbonyl (C=O) groups is 1. The van der Waals surface area contributed by atoms with E-state index in [2.05, 4.69) is 9.72 Å². The van der Waals surface area contributed by atoms with Gasteiger partial charge in [-0.15, -0.1) is 0 Å². The van der Waals surface area contributed by atoms with E-state index in [0.717, 1.165) is 0 Å². The number of ether oxygens (including phenoxy) is 2. The fourth-order valence-corrected chi connectivity index (χ4v) is 1.56. The van der Waals surface area contributed by atoms with Crippen LogP contribution in [-0.4, -0.2) is 22.8 Å². The van der Waals surface area contributed by atoms with Gasteiger partial charge in [-0.3, -0.25) is 15.1 Å². The monoisotopic (exact) mass is 263 g/mol. The van der Waals surface area contributed by atoms with Crippen molar-refractivity contribution in [3.63, 3.8) is 0 Å². The molecule has 1 heterocycles. The Kier molecular flexibility index (Phi) is 3.42. The zero-order chi connectivity index (χ0) is 13.8. The Morgan fingerprint density at radius 1 is 1.42 bits per heavy atom. The number of nitrogens with zero attached hydrogens (tertiary/aromatic N) is 2. The van der Waals surface area contributed by atoms with Gasteiger partial charge in [-0.05, 0) is 18.2 Å². The maximum Gasteiger partial charge on any atom is 0.407 e. The molecule has 98 valence electrons. The molecule has 0 fully saturated rings. The summed E-state index contributed by atoms with van der Waals surface area (Å²) in [5, 5.41) is 11.2. The van der Waals surface area contributed by atoms with Crippen LogP contribution < -0.4 is 10.5 Å². The molecule has 0 radical (unpaired) electrons. The van der Waals surface area contributed by atoms with Crippen molar-refractivity contribution in [3.8, 4) is 5.75 Å². The number of primary amides is 1. The maximum atomic E-state index is 10.9. The lowest BCUT2D eigenvalue weighted by molar-refractivity contribution is -0.383. The molecular weight excluding hydrogens is 254 g/mol. The van der Waals surface area contributed by atoms with E-state index >= 15 is 0 Å². The van der Waals surface area contributed by atoms with Crippen LogP contribution in [0.4, 0.5) is 10.5 Å². The van der Waals surface area contributed by atoms with E-state index in [0.29, 0.717) is 10.9 Å². The second kappa shape index (κ2) is 5.17. The number of nitro benzene ring substituents is 1. The Morgan fingerprint density at radius 3 is 2.89 bits per heavy atom. The Morgan fingerprint density at radius 2 is 2.21 bits per heavy atom.